The Morgan fingerprint density at radius 2 is 2.12 bits per heavy atom. The number of furan rings is 1. The Morgan fingerprint density at radius 3 is 2.88 bits per heavy atom. The molecule has 0 unspecified atom stereocenters. The van der Waals surface area contributed by atoms with Gasteiger partial charge in [0.25, 0.3) is 0 Å². The molecule has 4 heteroatoms. The van der Waals surface area contributed by atoms with Gasteiger partial charge in [-0.2, -0.15) is 0 Å². The van der Waals surface area contributed by atoms with Crippen molar-refractivity contribution < 1.29 is 4.42 Å². The van der Waals surface area contributed by atoms with Crippen LogP contribution in [0.4, 0.5) is 5.69 Å². The third kappa shape index (κ3) is 2.03. The van der Waals surface area contributed by atoms with Crippen molar-refractivity contribution in [2.45, 2.75) is 0 Å². The smallest absolute Gasteiger partial charge is 0.137 e. The van der Waals surface area contributed by atoms with Crippen molar-refractivity contribution in [1.82, 2.24) is 10.3 Å². The number of piperazine rings is 1. The fraction of sp³-hybridized carbons (Fsp3) is 0.308. The first-order chi connectivity index (χ1) is 8.45. The highest BCUT2D eigenvalue weighted by Gasteiger charge is 2.16. The van der Waals surface area contributed by atoms with Gasteiger partial charge in [-0.15, -0.1) is 0 Å². The maximum absolute atomic E-state index is 5.47. The van der Waals surface area contributed by atoms with Crippen molar-refractivity contribution in [2.24, 2.45) is 0 Å². The zero-order valence-electron chi connectivity index (χ0n) is 9.60. The van der Waals surface area contributed by atoms with Gasteiger partial charge in [-0.05, 0) is 18.2 Å². The summed E-state index contributed by atoms with van der Waals surface area (Å²) in [5, 5.41) is 3.36. The standard InChI is InChI=1S/C13H15N3O/c1-2-13(17-9-1)11-10-15-4-3-12(11)16-7-5-14-6-8-16/h1-4,9-10,14H,5-8H2. The number of hydrogen-bond donors (Lipinski definition) is 1. The summed E-state index contributed by atoms with van der Waals surface area (Å²) < 4.78 is 5.47. The summed E-state index contributed by atoms with van der Waals surface area (Å²) >= 11 is 0. The summed E-state index contributed by atoms with van der Waals surface area (Å²) in [6.07, 6.45) is 5.41. The summed E-state index contributed by atoms with van der Waals surface area (Å²) in [7, 11) is 0. The Hall–Kier alpha value is -1.81. The molecular formula is C13H15N3O. The number of rotatable bonds is 2. The van der Waals surface area contributed by atoms with Crippen molar-refractivity contribution in [2.75, 3.05) is 31.1 Å². The van der Waals surface area contributed by atoms with Gasteiger partial charge in [0.1, 0.15) is 5.76 Å². The highest BCUT2D eigenvalue weighted by atomic mass is 16.3. The molecule has 1 saturated heterocycles. The molecule has 1 aliphatic heterocycles. The predicted octanol–water partition coefficient (Wildman–Crippen LogP) is 1.75. The van der Waals surface area contributed by atoms with Crippen LogP contribution in [0.2, 0.25) is 0 Å². The van der Waals surface area contributed by atoms with Crippen LogP contribution in [0.3, 0.4) is 0 Å². The summed E-state index contributed by atoms with van der Waals surface area (Å²) in [5.41, 5.74) is 2.27. The summed E-state index contributed by atoms with van der Waals surface area (Å²) in [5.74, 6) is 0.881. The zero-order chi connectivity index (χ0) is 11.5. The van der Waals surface area contributed by atoms with Crippen molar-refractivity contribution in [3.63, 3.8) is 0 Å². The molecule has 2 aromatic rings. The second-order valence-corrected chi connectivity index (χ2v) is 4.11. The first-order valence-corrected chi connectivity index (χ1v) is 5.89. The second-order valence-electron chi connectivity index (χ2n) is 4.11. The van der Waals surface area contributed by atoms with Gasteiger partial charge < -0.3 is 14.6 Å². The highest BCUT2D eigenvalue weighted by molar-refractivity contribution is 5.74. The quantitative estimate of drug-likeness (QED) is 0.851. The Kier molecular flexibility index (Phi) is 2.80. The second kappa shape index (κ2) is 4.59. The topological polar surface area (TPSA) is 41.3 Å². The Labute approximate surface area is 100 Å². The van der Waals surface area contributed by atoms with Crippen molar-refractivity contribution in [3.05, 3.63) is 36.9 Å². The lowest BCUT2D eigenvalue weighted by Gasteiger charge is -2.30. The zero-order valence-corrected chi connectivity index (χ0v) is 9.60. The molecule has 88 valence electrons. The van der Waals surface area contributed by atoms with Crippen LogP contribution in [0.1, 0.15) is 0 Å². The normalized spacial score (nSPS) is 16.1. The SMILES string of the molecule is c1coc(-c2cnccc2N2CCNCC2)c1. The van der Waals surface area contributed by atoms with Gasteiger partial charge in [0.05, 0.1) is 17.5 Å². The van der Waals surface area contributed by atoms with E-state index < -0.39 is 0 Å². The molecule has 0 spiro atoms. The van der Waals surface area contributed by atoms with Crippen LogP contribution in [0.15, 0.2) is 41.3 Å². The van der Waals surface area contributed by atoms with E-state index in [1.807, 2.05) is 24.5 Å². The van der Waals surface area contributed by atoms with E-state index >= 15 is 0 Å². The number of nitrogens with zero attached hydrogens (tertiary/aromatic N) is 2. The molecule has 17 heavy (non-hydrogen) atoms. The monoisotopic (exact) mass is 229 g/mol. The molecule has 1 fully saturated rings. The van der Waals surface area contributed by atoms with Crippen LogP contribution in [-0.4, -0.2) is 31.2 Å². The van der Waals surface area contributed by atoms with Gasteiger partial charge in [0, 0.05) is 38.6 Å². The Bertz CT molecular complexity index is 475. The lowest BCUT2D eigenvalue weighted by Crippen LogP contribution is -2.43. The number of anilines is 1. The van der Waals surface area contributed by atoms with E-state index in [1.54, 1.807) is 6.26 Å². The molecule has 0 amide bonds. The number of hydrogen-bond acceptors (Lipinski definition) is 4. The van der Waals surface area contributed by atoms with Crippen LogP contribution in [0.25, 0.3) is 11.3 Å². The molecule has 4 nitrogen and oxygen atoms in total. The van der Waals surface area contributed by atoms with Crippen LogP contribution in [0.5, 0.6) is 0 Å². The lowest BCUT2D eigenvalue weighted by atomic mass is 10.1. The minimum absolute atomic E-state index is 0.881. The third-order valence-corrected chi connectivity index (χ3v) is 3.04. The van der Waals surface area contributed by atoms with E-state index in [1.165, 1.54) is 5.69 Å². The Balaban J connectivity index is 1.98. The van der Waals surface area contributed by atoms with E-state index in [4.69, 9.17) is 4.42 Å². The average Bonchev–Trinajstić information content (AvgIpc) is 2.94. The van der Waals surface area contributed by atoms with Crippen LogP contribution < -0.4 is 10.2 Å². The van der Waals surface area contributed by atoms with E-state index in [9.17, 15) is 0 Å². The third-order valence-electron chi connectivity index (χ3n) is 3.04. The molecule has 0 aromatic carbocycles. The molecule has 3 rings (SSSR count). The molecule has 0 bridgehead atoms. The van der Waals surface area contributed by atoms with Crippen molar-refractivity contribution >= 4 is 5.69 Å². The molecule has 0 radical (unpaired) electrons. The number of aromatic nitrogens is 1. The van der Waals surface area contributed by atoms with Gasteiger partial charge in [0.2, 0.25) is 0 Å². The fourth-order valence-electron chi connectivity index (χ4n) is 2.19. The van der Waals surface area contributed by atoms with Crippen LogP contribution in [0, 0.1) is 0 Å². The van der Waals surface area contributed by atoms with Gasteiger partial charge in [0.15, 0.2) is 0 Å². The first-order valence-electron chi connectivity index (χ1n) is 5.89. The largest absolute Gasteiger partial charge is 0.464 e. The first kappa shape index (κ1) is 10.4. The predicted molar refractivity (Wildman–Crippen MR) is 67.0 cm³/mol. The number of nitrogens with one attached hydrogen (secondary N) is 1. The summed E-state index contributed by atoms with van der Waals surface area (Å²) in [4.78, 5) is 6.56. The van der Waals surface area contributed by atoms with Crippen molar-refractivity contribution in [3.8, 4) is 11.3 Å². The molecule has 1 N–H and O–H groups in total. The molecule has 0 atom stereocenters. The molecule has 2 aromatic heterocycles. The van der Waals surface area contributed by atoms with Gasteiger partial charge >= 0.3 is 0 Å². The minimum Gasteiger partial charge on any atom is -0.464 e. The Morgan fingerprint density at radius 1 is 1.24 bits per heavy atom. The lowest BCUT2D eigenvalue weighted by molar-refractivity contribution is 0.576. The fourth-order valence-corrected chi connectivity index (χ4v) is 2.19. The van der Waals surface area contributed by atoms with E-state index in [0.29, 0.717) is 0 Å². The van der Waals surface area contributed by atoms with E-state index in [-0.39, 0.29) is 0 Å². The molecular weight excluding hydrogens is 214 g/mol. The maximum Gasteiger partial charge on any atom is 0.137 e. The van der Waals surface area contributed by atoms with Crippen LogP contribution >= 0.6 is 0 Å². The average molecular weight is 229 g/mol. The van der Waals surface area contributed by atoms with Crippen molar-refractivity contribution in [1.29, 1.82) is 0 Å². The van der Waals surface area contributed by atoms with E-state index in [2.05, 4.69) is 21.3 Å². The van der Waals surface area contributed by atoms with Gasteiger partial charge in [-0.25, -0.2) is 0 Å². The summed E-state index contributed by atoms with van der Waals surface area (Å²) in [6.45, 7) is 4.11. The molecule has 1 aliphatic rings. The molecule has 3 heterocycles. The minimum atomic E-state index is 0.881. The summed E-state index contributed by atoms with van der Waals surface area (Å²) in [6, 6.07) is 5.94. The van der Waals surface area contributed by atoms with Crippen LogP contribution in [-0.2, 0) is 0 Å². The van der Waals surface area contributed by atoms with Gasteiger partial charge in [-0.3, -0.25) is 4.98 Å². The number of pyridine rings is 1. The molecule has 0 aliphatic carbocycles. The molecule has 0 saturated carbocycles. The highest BCUT2D eigenvalue weighted by Crippen LogP contribution is 2.30. The van der Waals surface area contributed by atoms with Gasteiger partial charge in [-0.1, -0.05) is 0 Å². The maximum atomic E-state index is 5.47. The van der Waals surface area contributed by atoms with E-state index in [0.717, 1.165) is 37.5 Å².